The van der Waals surface area contributed by atoms with Gasteiger partial charge in [-0.25, -0.2) is 4.79 Å². The Hall–Kier alpha value is -1.69. The third kappa shape index (κ3) is 2.53. The van der Waals surface area contributed by atoms with E-state index in [0.29, 0.717) is 24.8 Å². The van der Waals surface area contributed by atoms with Crippen LogP contribution in [0.15, 0.2) is 23.1 Å². The van der Waals surface area contributed by atoms with Crippen LogP contribution in [-0.4, -0.2) is 40.3 Å². The molecule has 0 aromatic heterocycles. The number of thioether (sulfide) groups is 1. The zero-order chi connectivity index (χ0) is 13.4. The van der Waals surface area contributed by atoms with Crippen molar-refractivity contribution in [3.05, 3.63) is 23.8 Å². The van der Waals surface area contributed by atoms with Gasteiger partial charge in [0.15, 0.2) is 0 Å². The van der Waals surface area contributed by atoms with Gasteiger partial charge in [0.1, 0.15) is 0 Å². The van der Waals surface area contributed by atoms with Crippen molar-refractivity contribution in [1.29, 1.82) is 0 Å². The number of nitrogens with one attached hydrogen (secondary N) is 1. The Morgan fingerprint density at radius 3 is 3.05 bits per heavy atom. The van der Waals surface area contributed by atoms with E-state index in [1.807, 2.05) is 18.2 Å². The largest absolute Gasteiger partial charge is 0.465 e. The monoisotopic (exact) mass is 278 g/mol. The number of fused-ring (bicyclic) bond motifs is 1. The summed E-state index contributed by atoms with van der Waals surface area (Å²) < 4.78 is 0. The smallest absolute Gasteiger partial charge is 0.407 e. The Labute approximate surface area is 115 Å². The quantitative estimate of drug-likeness (QED) is 0.868. The molecule has 2 aliphatic heterocycles. The lowest BCUT2D eigenvalue weighted by molar-refractivity contribution is -0.115. The van der Waals surface area contributed by atoms with E-state index in [4.69, 9.17) is 5.11 Å². The molecular weight excluding hydrogens is 264 g/mol. The first-order chi connectivity index (χ1) is 9.11. The summed E-state index contributed by atoms with van der Waals surface area (Å²) in [6.07, 6.45) is 0.479. The first-order valence-electron chi connectivity index (χ1n) is 6.19. The van der Waals surface area contributed by atoms with Crippen LogP contribution >= 0.6 is 11.8 Å². The number of hydrogen-bond acceptors (Lipinski definition) is 3. The minimum absolute atomic E-state index is 0.0371. The maximum Gasteiger partial charge on any atom is 0.407 e. The Kier molecular flexibility index (Phi) is 3.10. The number of likely N-dealkylation sites (tertiary alicyclic amines) is 1. The van der Waals surface area contributed by atoms with Crippen molar-refractivity contribution in [2.75, 3.05) is 18.4 Å². The fourth-order valence-corrected chi connectivity index (χ4v) is 3.69. The van der Waals surface area contributed by atoms with Crippen molar-refractivity contribution in [2.24, 2.45) is 0 Å². The van der Waals surface area contributed by atoms with E-state index < -0.39 is 6.09 Å². The molecule has 5 nitrogen and oxygen atoms in total. The number of carbonyl (C=O) groups excluding carboxylic acids is 1. The molecule has 1 fully saturated rings. The van der Waals surface area contributed by atoms with E-state index in [1.54, 1.807) is 11.8 Å². The maximum absolute atomic E-state index is 11.3. The van der Waals surface area contributed by atoms with E-state index in [9.17, 15) is 9.59 Å². The summed E-state index contributed by atoms with van der Waals surface area (Å²) in [7, 11) is 0. The summed E-state index contributed by atoms with van der Waals surface area (Å²) in [5.74, 6) is 0.0371. The fourth-order valence-electron chi connectivity index (χ4n) is 2.47. The predicted octanol–water partition coefficient (Wildman–Crippen LogP) is 2.03. The molecule has 2 amide bonds. The number of nitrogens with zero attached hydrogens (tertiary/aromatic N) is 1. The van der Waals surface area contributed by atoms with Crippen LogP contribution in [-0.2, 0) is 11.2 Å². The number of benzene rings is 1. The Balaban J connectivity index is 1.67. The van der Waals surface area contributed by atoms with Gasteiger partial charge in [-0.05, 0) is 30.2 Å². The molecule has 0 radical (unpaired) electrons. The zero-order valence-electron chi connectivity index (χ0n) is 10.3. The molecule has 6 heteroatoms. The highest BCUT2D eigenvalue weighted by Crippen LogP contribution is 2.33. The third-order valence-corrected chi connectivity index (χ3v) is 4.66. The van der Waals surface area contributed by atoms with Gasteiger partial charge in [-0.15, -0.1) is 11.8 Å². The standard InChI is InChI=1S/C13H14N2O3S/c16-12-6-8-5-9(1-2-11(8)14-12)19-10-3-4-15(7-10)13(17)18/h1-2,5,10H,3-4,6-7H2,(H,14,16)(H,17,18). The lowest BCUT2D eigenvalue weighted by atomic mass is 10.2. The van der Waals surface area contributed by atoms with Crippen molar-refractivity contribution in [3.63, 3.8) is 0 Å². The van der Waals surface area contributed by atoms with Crippen LogP contribution in [0.1, 0.15) is 12.0 Å². The van der Waals surface area contributed by atoms with Gasteiger partial charge in [-0.1, -0.05) is 0 Å². The average Bonchev–Trinajstić information content (AvgIpc) is 2.94. The summed E-state index contributed by atoms with van der Waals surface area (Å²) in [6, 6.07) is 5.94. The summed E-state index contributed by atoms with van der Waals surface area (Å²) >= 11 is 1.70. The molecule has 0 spiro atoms. The van der Waals surface area contributed by atoms with Gasteiger partial charge in [0.2, 0.25) is 5.91 Å². The molecule has 19 heavy (non-hydrogen) atoms. The molecule has 3 rings (SSSR count). The number of anilines is 1. The van der Waals surface area contributed by atoms with Gasteiger partial charge < -0.3 is 15.3 Å². The highest BCUT2D eigenvalue weighted by atomic mass is 32.2. The number of amides is 2. The van der Waals surface area contributed by atoms with E-state index in [0.717, 1.165) is 22.6 Å². The van der Waals surface area contributed by atoms with Gasteiger partial charge in [-0.3, -0.25) is 4.79 Å². The normalized spacial score (nSPS) is 21.4. The van der Waals surface area contributed by atoms with E-state index >= 15 is 0 Å². The molecule has 0 aliphatic carbocycles. The lowest BCUT2D eigenvalue weighted by Gasteiger charge is -2.12. The van der Waals surface area contributed by atoms with Crippen LogP contribution in [0.25, 0.3) is 0 Å². The molecule has 2 N–H and O–H groups in total. The SMILES string of the molecule is O=C1Cc2cc(SC3CCN(C(=O)O)C3)ccc2N1. The Morgan fingerprint density at radius 2 is 2.32 bits per heavy atom. The minimum atomic E-state index is -0.841. The fraction of sp³-hybridized carbons (Fsp3) is 0.385. The lowest BCUT2D eigenvalue weighted by Crippen LogP contribution is -2.26. The number of rotatable bonds is 2. The van der Waals surface area contributed by atoms with Crippen molar-refractivity contribution >= 4 is 29.4 Å². The second-order valence-electron chi connectivity index (χ2n) is 4.80. The summed E-state index contributed by atoms with van der Waals surface area (Å²) in [5, 5.41) is 12.0. The van der Waals surface area contributed by atoms with Gasteiger partial charge >= 0.3 is 6.09 Å². The molecule has 1 aromatic rings. The second kappa shape index (κ2) is 4.77. The first-order valence-corrected chi connectivity index (χ1v) is 7.07. The summed E-state index contributed by atoms with van der Waals surface area (Å²) in [4.78, 5) is 24.7. The molecule has 2 aliphatic rings. The molecule has 1 atom stereocenters. The Morgan fingerprint density at radius 1 is 1.47 bits per heavy atom. The van der Waals surface area contributed by atoms with Crippen LogP contribution in [0.3, 0.4) is 0 Å². The number of carbonyl (C=O) groups is 2. The van der Waals surface area contributed by atoms with Crippen molar-refractivity contribution < 1.29 is 14.7 Å². The molecule has 1 unspecified atom stereocenters. The first kappa shape index (κ1) is 12.3. The molecule has 1 aromatic carbocycles. The van der Waals surface area contributed by atoms with Crippen LogP contribution in [0.2, 0.25) is 0 Å². The zero-order valence-corrected chi connectivity index (χ0v) is 11.1. The summed E-state index contributed by atoms with van der Waals surface area (Å²) in [6.45, 7) is 1.19. The molecule has 2 heterocycles. The van der Waals surface area contributed by atoms with Gasteiger partial charge in [-0.2, -0.15) is 0 Å². The summed E-state index contributed by atoms with van der Waals surface area (Å²) in [5.41, 5.74) is 1.93. The van der Waals surface area contributed by atoms with Gasteiger partial charge in [0, 0.05) is 28.9 Å². The van der Waals surface area contributed by atoms with E-state index in [2.05, 4.69) is 5.32 Å². The number of hydrogen-bond donors (Lipinski definition) is 2. The molecule has 0 saturated carbocycles. The van der Waals surface area contributed by atoms with Crippen molar-refractivity contribution in [1.82, 2.24) is 4.90 Å². The van der Waals surface area contributed by atoms with E-state index in [1.165, 1.54) is 4.90 Å². The highest BCUT2D eigenvalue weighted by molar-refractivity contribution is 8.00. The molecule has 1 saturated heterocycles. The van der Waals surface area contributed by atoms with Crippen LogP contribution in [0.4, 0.5) is 10.5 Å². The minimum Gasteiger partial charge on any atom is -0.465 e. The predicted molar refractivity (Wildman–Crippen MR) is 72.6 cm³/mol. The Bertz CT molecular complexity index is 547. The average molecular weight is 278 g/mol. The topological polar surface area (TPSA) is 69.6 Å². The second-order valence-corrected chi connectivity index (χ2v) is 6.17. The third-order valence-electron chi connectivity index (χ3n) is 3.42. The van der Waals surface area contributed by atoms with Crippen LogP contribution in [0, 0.1) is 0 Å². The molecule has 0 bridgehead atoms. The molecular formula is C13H14N2O3S. The van der Waals surface area contributed by atoms with Gasteiger partial charge in [0.25, 0.3) is 0 Å². The number of carboxylic acid groups (broad SMARTS) is 1. The van der Waals surface area contributed by atoms with Gasteiger partial charge in [0.05, 0.1) is 6.42 Å². The molecule has 100 valence electrons. The van der Waals surface area contributed by atoms with Crippen LogP contribution < -0.4 is 5.32 Å². The van der Waals surface area contributed by atoms with Crippen molar-refractivity contribution in [3.8, 4) is 0 Å². The maximum atomic E-state index is 11.3. The van der Waals surface area contributed by atoms with Crippen molar-refractivity contribution in [2.45, 2.75) is 23.0 Å². The highest BCUT2D eigenvalue weighted by Gasteiger charge is 2.27. The van der Waals surface area contributed by atoms with Crippen LogP contribution in [0.5, 0.6) is 0 Å². The van der Waals surface area contributed by atoms with E-state index in [-0.39, 0.29) is 5.91 Å².